The zero-order chi connectivity index (χ0) is 29.8. The molecule has 10 nitrogen and oxygen atoms in total. The lowest BCUT2D eigenvalue weighted by Gasteiger charge is -2.15. The molecule has 216 valence electrons. The Hall–Kier alpha value is -2.04. The second kappa shape index (κ2) is 20.8. The maximum atomic E-state index is 11.8. The van der Waals surface area contributed by atoms with E-state index in [0.29, 0.717) is 39.2 Å². The number of esters is 2. The van der Waals surface area contributed by atoms with E-state index in [0.717, 1.165) is 0 Å². The van der Waals surface area contributed by atoms with E-state index in [4.69, 9.17) is 60.2 Å². The first kappa shape index (κ1) is 37.0. The van der Waals surface area contributed by atoms with E-state index in [1.165, 1.54) is 36.7 Å². The second-order valence-electron chi connectivity index (χ2n) is 6.67. The fourth-order valence-electron chi connectivity index (χ4n) is 2.28. The van der Waals surface area contributed by atoms with E-state index >= 15 is 0 Å². The lowest BCUT2D eigenvalue weighted by Crippen LogP contribution is -2.12. The maximum absolute atomic E-state index is 11.8. The molecule has 2 aromatic rings. The molecule has 0 aliphatic heterocycles. The molecule has 0 aliphatic rings. The lowest BCUT2D eigenvalue weighted by molar-refractivity contribution is -0.140. The quantitative estimate of drug-likeness (QED) is 0.0829. The average Bonchev–Trinajstić information content (AvgIpc) is 2.85. The standard InChI is InChI=1S/C10H9Cl2NO2.C8H17O5P.C6H3Cl2NO/c1-2-15-10(14)4-3-7-6-13-9(12)5-8(7)11;1-4-11-8(9)7-14(10,12-5-2)13-6-3;7-5-1-6(8)9-2-4(5)3-10/h3-6H,2H2,1H3;4-7H2,1-3H3;1-3H/b4-3+;;. The van der Waals surface area contributed by atoms with Crippen molar-refractivity contribution in [1.29, 1.82) is 0 Å². The van der Waals surface area contributed by atoms with Gasteiger partial charge in [-0.2, -0.15) is 0 Å². The number of nitrogens with zero attached hydrogens (tertiary/aromatic N) is 2. The summed E-state index contributed by atoms with van der Waals surface area (Å²) in [5.74, 6) is -0.971. The van der Waals surface area contributed by atoms with Crippen molar-refractivity contribution >= 4 is 78.3 Å². The summed E-state index contributed by atoms with van der Waals surface area (Å²) in [5, 5.41) is 1.37. The van der Waals surface area contributed by atoms with Crippen molar-refractivity contribution < 1.29 is 37.5 Å². The SMILES string of the molecule is CCOC(=O)/C=C/c1cnc(Cl)cc1Cl.CCOC(=O)CP(=O)(OCC)OCC.O=Cc1cnc(Cl)cc1Cl. The molecule has 39 heavy (non-hydrogen) atoms. The predicted molar refractivity (Wildman–Crippen MR) is 152 cm³/mol. The third kappa shape index (κ3) is 16.6. The highest BCUT2D eigenvalue weighted by atomic mass is 35.5. The van der Waals surface area contributed by atoms with Crippen molar-refractivity contribution in [2.24, 2.45) is 0 Å². The Kier molecular flexibility index (Phi) is 19.7. The Morgan fingerprint density at radius 2 is 1.31 bits per heavy atom. The van der Waals surface area contributed by atoms with Gasteiger partial charge >= 0.3 is 19.5 Å². The zero-order valence-corrected chi connectivity index (χ0v) is 25.6. The summed E-state index contributed by atoms with van der Waals surface area (Å²) in [6.07, 6.45) is 5.95. The second-order valence-corrected chi connectivity index (χ2v) is 10.3. The topological polar surface area (TPSA) is 131 Å². The van der Waals surface area contributed by atoms with Gasteiger partial charge in [0, 0.05) is 24.0 Å². The highest BCUT2D eigenvalue weighted by Crippen LogP contribution is 2.47. The summed E-state index contributed by atoms with van der Waals surface area (Å²) < 4.78 is 31.0. The van der Waals surface area contributed by atoms with Gasteiger partial charge in [0.05, 0.1) is 42.0 Å². The monoisotopic (exact) mass is 644 g/mol. The molecule has 0 aliphatic carbocycles. The van der Waals surface area contributed by atoms with Crippen LogP contribution < -0.4 is 0 Å². The van der Waals surface area contributed by atoms with E-state index < -0.39 is 19.5 Å². The van der Waals surface area contributed by atoms with Crippen LogP contribution in [-0.2, 0) is 32.7 Å². The van der Waals surface area contributed by atoms with Crippen molar-refractivity contribution in [3.63, 3.8) is 0 Å². The van der Waals surface area contributed by atoms with Gasteiger partial charge in [-0.15, -0.1) is 0 Å². The van der Waals surface area contributed by atoms with Gasteiger partial charge in [0.15, 0.2) is 6.29 Å². The molecule has 0 atom stereocenters. The molecule has 0 unspecified atom stereocenters. The number of rotatable bonds is 11. The largest absolute Gasteiger partial charge is 0.466 e. The molecule has 0 radical (unpaired) electrons. The lowest BCUT2D eigenvalue weighted by atomic mass is 10.2. The Morgan fingerprint density at radius 1 is 0.821 bits per heavy atom. The molecular formula is C24H29Cl4N2O8P. The number of aromatic nitrogens is 2. The van der Waals surface area contributed by atoms with Gasteiger partial charge < -0.3 is 18.5 Å². The molecule has 15 heteroatoms. The molecular weight excluding hydrogens is 617 g/mol. The van der Waals surface area contributed by atoms with Gasteiger partial charge in [-0.25, -0.2) is 14.8 Å². The van der Waals surface area contributed by atoms with Crippen molar-refractivity contribution in [3.05, 3.63) is 62.1 Å². The van der Waals surface area contributed by atoms with Gasteiger partial charge in [0.1, 0.15) is 16.5 Å². The van der Waals surface area contributed by atoms with Crippen LogP contribution >= 0.6 is 54.0 Å². The van der Waals surface area contributed by atoms with E-state index in [-0.39, 0.29) is 31.1 Å². The summed E-state index contributed by atoms with van der Waals surface area (Å²) in [4.78, 5) is 39.7. The van der Waals surface area contributed by atoms with Gasteiger partial charge in [-0.1, -0.05) is 46.4 Å². The minimum absolute atomic E-state index is 0.247. The Morgan fingerprint density at radius 3 is 1.72 bits per heavy atom. The molecule has 0 amide bonds. The van der Waals surface area contributed by atoms with Crippen LogP contribution in [0.25, 0.3) is 6.08 Å². The van der Waals surface area contributed by atoms with Gasteiger partial charge in [0.25, 0.3) is 0 Å². The number of carbonyl (C=O) groups excluding carboxylic acids is 3. The predicted octanol–water partition coefficient (Wildman–Crippen LogP) is 6.98. The van der Waals surface area contributed by atoms with Crippen molar-refractivity contribution in [1.82, 2.24) is 9.97 Å². The van der Waals surface area contributed by atoms with E-state index in [9.17, 15) is 18.9 Å². The molecule has 2 aromatic heterocycles. The first-order chi connectivity index (χ1) is 18.4. The van der Waals surface area contributed by atoms with Crippen LogP contribution in [0.4, 0.5) is 0 Å². The molecule has 0 saturated heterocycles. The minimum atomic E-state index is -3.28. The molecule has 0 spiro atoms. The average molecular weight is 646 g/mol. The summed E-state index contributed by atoms with van der Waals surface area (Å²) in [6.45, 7) is 7.90. The van der Waals surface area contributed by atoms with Crippen molar-refractivity contribution in [2.75, 3.05) is 32.6 Å². The first-order valence-corrected chi connectivity index (χ1v) is 14.6. The highest BCUT2D eigenvalue weighted by Gasteiger charge is 2.28. The van der Waals surface area contributed by atoms with E-state index in [1.54, 1.807) is 27.7 Å². The summed E-state index contributed by atoms with van der Waals surface area (Å²) in [6, 6.07) is 2.93. The third-order valence-corrected chi connectivity index (χ3v) is 6.81. The normalized spacial score (nSPS) is 10.6. The smallest absolute Gasteiger partial charge is 0.341 e. The molecule has 0 N–H and O–H groups in total. The third-order valence-electron chi connectivity index (χ3n) is 3.79. The van der Waals surface area contributed by atoms with Crippen LogP contribution in [0.1, 0.15) is 43.6 Å². The molecule has 2 heterocycles. The molecule has 0 aromatic carbocycles. The number of ether oxygens (including phenoxy) is 2. The van der Waals surface area contributed by atoms with Crippen LogP contribution in [0.5, 0.6) is 0 Å². The fraction of sp³-hybridized carbons (Fsp3) is 0.375. The zero-order valence-electron chi connectivity index (χ0n) is 21.7. The van der Waals surface area contributed by atoms with Gasteiger partial charge in [-0.3, -0.25) is 14.2 Å². The molecule has 0 saturated carbocycles. The number of hydrogen-bond acceptors (Lipinski definition) is 10. The minimum Gasteiger partial charge on any atom is -0.466 e. The van der Waals surface area contributed by atoms with Crippen LogP contribution in [0.15, 0.2) is 30.6 Å². The maximum Gasteiger partial charge on any atom is 0.341 e. The van der Waals surface area contributed by atoms with Crippen molar-refractivity contribution in [3.8, 4) is 0 Å². The Balaban J connectivity index is 0.000000566. The number of halogens is 4. The van der Waals surface area contributed by atoms with Crippen LogP contribution in [0.3, 0.4) is 0 Å². The Labute approximate surface area is 247 Å². The number of aldehydes is 1. The number of pyridine rings is 2. The number of carbonyl (C=O) groups is 3. The van der Waals surface area contributed by atoms with Gasteiger partial charge in [0.2, 0.25) is 0 Å². The van der Waals surface area contributed by atoms with E-state index in [1.807, 2.05) is 0 Å². The van der Waals surface area contributed by atoms with Crippen LogP contribution in [0.2, 0.25) is 20.4 Å². The summed E-state index contributed by atoms with van der Waals surface area (Å²) in [5.41, 5.74) is 0.972. The highest BCUT2D eigenvalue weighted by molar-refractivity contribution is 7.54. The molecule has 0 fully saturated rings. The van der Waals surface area contributed by atoms with Crippen LogP contribution in [0, 0.1) is 0 Å². The number of hydrogen-bond donors (Lipinski definition) is 0. The fourth-order valence-corrected chi connectivity index (χ4v) is 4.57. The summed E-state index contributed by atoms with van der Waals surface area (Å²) >= 11 is 22.5. The van der Waals surface area contributed by atoms with Gasteiger partial charge in [-0.05, 0) is 45.9 Å². The van der Waals surface area contributed by atoms with Crippen LogP contribution in [-0.4, -0.2) is 60.8 Å². The molecule has 0 bridgehead atoms. The van der Waals surface area contributed by atoms with Crippen molar-refractivity contribution in [2.45, 2.75) is 27.7 Å². The molecule has 2 rings (SSSR count). The summed E-state index contributed by atoms with van der Waals surface area (Å²) in [7, 11) is -3.28. The van der Waals surface area contributed by atoms with E-state index in [2.05, 4.69) is 14.7 Å². The Bertz CT molecular complexity index is 1140. The first-order valence-electron chi connectivity index (χ1n) is 11.4.